The Hall–Kier alpha value is -3.19. The first kappa shape index (κ1) is 22.5. The van der Waals surface area contributed by atoms with Gasteiger partial charge in [0, 0.05) is 23.6 Å². The van der Waals surface area contributed by atoms with Gasteiger partial charge in [-0.05, 0) is 50.8 Å². The van der Waals surface area contributed by atoms with Crippen LogP contribution in [0.15, 0.2) is 36.4 Å². The van der Waals surface area contributed by atoms with Gasteiger partial charge < -0.3 is 28.4 Å². The summed E-state index contributed by atoms with van der Waals surface area (Å²) >= 11 is 0. The lowest BCUT2D eigenvalue weighted by Crippen LogP contribution is -2.17. The smallest absolute Gasteiger partial charge is 0.355 e. The molecule has 1 aromatic heterocycles. The van der Waals surface area contributed by atoms with Crippen LogP contribution in [0, 0.1) is 0 Å². The number of rotatable bonds is 9. The van der Waals surface area contributed by atoms with E-state index in [1.54, 1.807) is 21.3 Å². The minimum Gasteiger partial charge on any atom is -0.497 e. The molecule has 0 aliphatic carbocycles. The zero-order chi connectivity index (χ0) is 22.5. The van der Waals surface area contributed by atoms with Crippen LogP contribution in [0.4, 0.5) is 0 Å². The van der Waals surface area contributed by atoms with Crippen molar-refractivity contribution in [1.29, 1.82) is 0 Å². The van der Waals surface area contributed by atoms with E-state index in [0.717, 1.165) is 40.7 Å². The number of aryl methyl sites for hydroxylation is 1. The Kier molecular flexibility index (Phi) is 7.07. The van der Waals surface area contributed by atoms with Crippen molar-refractivity contribution in [3.63, 3.8) is 0 Å². The number of nitrogens with zero attached hydrogens (tertiary/aromatic N) is 2. The molecule has 0 spiro atoms. The Balaban J connectivity index is 2.32. The van der Waals surface area contributed by atoms with Crippen molar-refractivity contribution in [3.05, 3.63) is 42.1 Å². The van der Waals surface area contributed by atoms with Gasteiger partial charge >= 0.3 is 5.97 Å². The second-order valence-electron chi connectivity index (χ2n) is 7.48. The van der Waals surface area contributed by atoms with Crippen LogP contribution >= 0.6 is 0 Å². The average molecular weight is 427 g/mol. The van der Waals surface area contributed by atoms with Gasteiger partial charge in [-0.2, -0.15) is 0 Å². The van der Waals surface area contributed by atoms with Crippen LogP contribution in [-0.4, -0.2) is 64.5 Å². The summed E-state index contributed by atoms with van der Waals surface area (Å²) in [6.45, 7) is 1.55. The summed E-state index contributed by atoms with van der Waals surface area (Å²) in [4.78, 5) is 15.1. The predicted octanol–water partition coefficient (Wildman–Crippen LogP) is 4.07. The van der Waals surface area contributed by atoms with Crippen LogP contribution in [0.5, 0.6) is 17.2 Å². The molecule has 3 aromatic rings. The average Bonchev–Trinajstić information content (AvgIpc) is 3.10. The molecule has 0 fully saturated rings. The first-order valence-corrected chi connectivity index (χ1v) is 10.1. The molecule has 0 radical (unpaired) electrons. The van der Waals surface area contributed by atoms with Crippen molar-refractivity contribution in [1.82, 2.24) is 9.47 Å². The molecule has 31 heavy (non-hydrogen) atoms. The number of benzene rings is 2. The Bertz CT molecular complexity index is 1050. The molecule has 0 unspecified atom stereocenters. The largest absolute Gasteiger partial charge is 0.497 e. The topological polar surface area (TPSA) is 62.2 Å². The fourth-order valence-electron chi connectivity index (χ4n) is 3.81. The van der Waals surface area contributed by atoms with E-state index in [9.17, 15) is 4.79 Å². The maximum Gasteiger partial charge on any atom is 0.355 e. The van der Waals surface area contributed by atoms with E-state index in [4.69, 9.17) is 18.9 Å². The Morgan fingerprint density at radius 3 is 2.13 bits per heavy atom. The van der Waals surface area contributed by atoms with Crippen molar-refractivity contribution in [3.8, 4) is 28.4 Å². The van der Waals surface area contributed by atoms with Crippen molar-refractivity contribution in [2.45, 2.75) is 13.0 Å². The van der Waals surface area contributed by atoms with Crippen LogP contribution < -0.4 is 14.2 Å². The SMILES string of the molecule is COC(=O)c1c(-c2ccc(OC)cc2)c2cc(OC)c(OC)cc2n1CCCN(C)C. The molecule has 0 N–H and O–H groups in total. The van der Waals surface area contributed by atoms with Gasteiger partial charge in [0.25, 0.3) is 0 Å². The van der Waals surface area contributed by atoms with E-state index < -0.39 is 0 Å². The molecular formula is C24H30N2O5. The molecule has 1 heterocycles. The Morgan fingerprint density at radius 2 is 1.58 bits per heavy atom. The minimum absolute atomic E-state index is 0.384. The van der Waals surface area contributed by atoms with Gasteiger partial charge in [0.2, 0.25) is 0 Å². The van der Waals surface area contributed by atoms with E-state index in [0.29, 0.717) is 23.7 Å². The summed E-state index contributed by atoms with van der Waals surface area (Å²) in [6, 6.07) is 11.5. The molecule has 0 atom stereocenters. The van der Waals surface area contributed by atoms with E-state index in [1.807, 2.05) is 55.1 Å². The predicted molar refractivity (Wildman–Crippen MR) is 122 cm³/mol. The number of carbonyl (C=O) groups excluding carboxylic acids is 1. The van der Waals surface area contributed by atoms with Crippen molar-refractivity contribution in [2.75, 3.05) is 49.1 Å². The molecule has 7 nitrogen and oxygen atoms in total. The van der Waals surface area contributed by atoms with Gasteiger partial charge in [-0.3, -0.25) is 0 Å². The van der Waals surface area contributed by atoms with Crippen LogP contribution in [-0.2, 0) is 11.3 Å². The molecule has 2 aromatic carbocycles. The molecule has 0 aliphatic rings. The third-order valence-corrected chi connectivity index (χ3v) is 5.31. The molecule has 166 valence electrons. The number of esters is 1. The number of fused-ring (bicyclic) bond motifs is 1. The van der Waals surface area contributed by atoms with E-state index >= 15 is 0 Å². The van der Waals surface area contributed by atoms with Gasteiger partial charge in [0.1, 0.15) is 11.4 Å². The first-order chi connectivity index (χ1) is 14.9. The number of hydrogen-bond acceptors (Lipinski definition) is 6. The lowest BCUT2D eigenvalue weighted by molar-refractivity contribution is 0.0589. The van der Waals surface area contributed by atoms with Crippen molar-refractivity contribution in [2.24, 2.45) is 0 Å². The second kappa shape index (κ2) is 9.75. The highest BCUT2D eigenvalue weighted by Gasteiger charge is 2.26. The normalized spacial score (nSPS) is 11.1. The van der Waals surface area contributed by atoms with E-state index in [1.165, 1.54) is 7.11 Å². The zero-order valence-corrected chi connectivity index (χ0v) is 19.0. The summed E-state index contributed by atoms with van der Waals surface area (Å²) in [5.74, 6) is 1.58. The number of hydrogen-bond donors (Lipinski definition) is 0. The number of carbonyl (C=O) groups is 1. The zero-order valence-electron chi connectivity index (χ0n) is 19.0. The summed E-state index contributed by atoms with van der Waals surface area (Å²) < 4.78 is 23.6. The minimum atomic E-state index is -0.384. The molecule has 0 aliphatic heterocycles. The molecule has 3 rings (SSSR count). The lowest BCUT2D eigenvalue weighted by Gasteiger charge is -2.14. The van der Waals surface area contributed by atoms with E-state index in [-0.39, 0.29) is 5.97 Å². The van der Waals surface area contributed by atoms with Crippen molar-refractivity contribution < 1.29 is 23.7 Å². The third kappa shape index (κ3) is 4.46. The fraction of sp³-hybridized carbons (Fsp3) is 0.375. The van der Waals surface area contributed by atoms with Gasteiger partial charge in [-0.25, -0.2) is 4.79 Å². The molecule has 0 saturated heterocycles. The van der Waals surface area contributed by atoms with Crippen LogP contribution in [0.25, 0.3) is 22.0 Å². The lowest BCUT2D eigenvalue weighted by atomic mass is 10.0. The maximum atomic E-state index is 13.0. The third-order valence-electron chi connectivity index (χ3n) is 5.31. The molecule has 0 bridgehead atoms. The molecular weight excluding hydrogens is 396 g/mol. The van der Waals surface area contributed by atoms with E-state index in [2.05, 4.69) is 4.90 Å². The molecule has 0 amide bonds. The Labute approximate surface area is 183 Å². The number of ether oxygens (including phenoxy) is 4. The van der Waals surface area contributed by atoms with Gasteiger partial charge in [0.15, 0.2) is 11.5 Å². The second-order valence-corrected chi connectivity index (χ2v) is 7.48. The quantitative estimate of drug-likeness (QED) is 0.481. The highest BCUT2D eigenvalue weighted by molar-refractivity contribution is 6.09. The van der Waals surface area contributed by atoms with Gasteiger partial charge in [-0.1, -0.05) is 12.1 Å². The molecule has 0 saturated carbocycles. The first-order valence-electron chi connectivity index (χ1n) is 10.1. The summed E-state index contributed by atoms with van der Waals surface area (Å²) in [7, 11) is 10.3. The monoisotopic (exact) mass is 426 g/mol. The highest BCUT2D eigenvalue weighted by atomic mass is 16.5. The van der Waals surface area contributed by atoms with Gasteiger partial charge in [0.05, 0.1) is 34.0 Å². The summed E-state index contributed by atoms with van der Waals surface area (Å²) in [6.07, 6.45) is 0.872. The van der Waals surface area contributed by atoms with Crippen LogP contribution in [0.3, 0.4) is 0 Å². The van der Waals surface area contributed by atoms with Crippen LogP contribution in [0.2, 0.25) is 0 Å². The highest BCUT2D eigenvalue weighted by Crippen LogP contribution is 2.41. The summed E-state index contributed by atoms with van der Waals surface area (Å²) in [5, 5.41) is 0.896. The number of aromatic nitrogens is 1. The fourth-order valence-corrected chi connectivity index (χ4v) is 3.81. The van der Waals surface area contributed by atoms with Crippen molar-refractivity contribution >= 4 is 16.9 Å². The summed E-state index contributed by atoms with van der Waals surface area (Å²) in [5.41, 5.74) is 3.10. The maximum absolute atomic E-state index is 13.0. The Morgan fingerprint density at radius 1 is 0.935 bits per heavy atom. The standard InChI is InChI=1S/C24H30N2O5/c1-25(2)12-7-13-26-19-15-21(30-5)20(29-4)14-18(19)22(23(26)24(27)31-6)16-8-10-17(28-3)11-9-16/h8-11,14-15H,7,12-13H2,1-6H3. The van der Waals surface area contributed by atoms with Crippen LogP contribution in [0.1, 0.15) is 16.9 Å². The number of methoxy groups -OCH3 is 4. The molecule has 7 heteroatoms. The van der Waals surface area contributed by atoms with Gasteiger partial charge in [-0.15, -0.1) is 0 Å².